The molecule has 0 unspecified atom stereocenters. The van der Waals surface area contributed by atoms with Gasteiger partial charge in [-0.25, -0.2) is 0 Å². The molecule has 1 nitrogen and oxygen atoms in total. The molecule has 0 aliphatic carbocycles. The van der Waals surface area contributed by atoms with Crippen molar-refractivity contribution in [3.05, 3.63) is 35.9 Å². The number of piperidine rings is 3. The molecule has 98 valence electrons. The maximum atomic E-state index is 2.77. The van der Waals surface area contributed by atoms with Crippen LogP contribution in [0.1, 0.15) is 50.5 Å². The number of nitrogens with zero attached hydrogens (tertiary/aromatic N) is 1. The molecule has 0 N–H and O–H groups in total. The van der Waals surface area contributed by atoms with E-state index in [0.717, 1.165) is 17.9 Å². The first-order valence-electron chi connectivity index (χ1n) is 7.69. The third-order valence-corrected chi connectivity index (χ3v) is 5.00. The highest BCUT2D eigenvalue weighted by atomic mass is 15.2. The van der Waals surface area contributed by atoms with Crippen LogP contribution in [0.3, 0.4) is 0 Å². The predicted octanol–water partition coefficient (Wildman–Crippen LogP) is 4.05. The summed E-state index contributed by atoms with van der Waals surface area (Å²) in [7, 11) is 0. The van der Waals surface area contributed by atoms with Crippen LogP contribution in [0.25, 0.3) is 0 Å². The third-order valence-electron chi connectivity index (χ3n) is 5.00. The van der Waals surface area contributed by atoms with Crippen LogP contribution in [0.2, 0.25) is 0 Å². The average molecular weight is 243 g/mol. The standard InChI is InChI=1S/C17H25N/c1-2-3-9-16-17(14-7-5-4-6-8-14)15-10-12-18(16)13-11-15/h4-8,15-17H,2-3,9-13H2,1H3/t16-,17-/m0/s1. The Balaban J connectivity index is 1.84. The summed E-state index contributed by atoms with van der Waals surface area (Å²) < 4.78 is 0. The fourth-order valence-electron chi connectivity index (χ4n) is 4.10. The Labute approximate surface area is 111 Å². The van der Waals surface area contributed by atoms with Gasteiger partial charge in [-0.1, -0.05) is 50.1 Å². The van der Waals surface area contributed by atoms with Gasteiger partial charge in [0.1, 0.15) is 0 Å². The fourth-order valence-corrected chi connectivity index (χ4v) is 4.10. The first-order valence-corrected chi connectivity index (χ1v) is 7.69. The lowest BCUT2D eigenvalue weighted by molar-refractivity contribution is 0.0202. The second-order valence-electron chi connectivity index (χ2n) is 6.02. The van der Waals surface area contributed by atoms with E-state index in [2.05, 4.69) is 42.2 Å². The number of benzene rings is 1. The molecule has 3 heterocycles. The Morgan fingerprint density at radius 1 is 1.11 bits per heavy atom. The molecular weight excluding hydrogens is 218 g/mol. The summed E-state index contributed by atoms with van der Waals surface area (Å²) in [4.78, 5) is 2.77. The summed E-state index contributed by atoms with van der Waals surface area (Å²) >= 11 is 0. The molecule has 1 heteroatoms. The molecule has 4 rings (SSSR count). The lowest BCUT2D eigenvalue weighted by atomic mass is 9.69. The van der Waals surface area contributed by atoms with Crippen LogP contribution in [0.4, 0.5) is 0 Å². The minimum atomic E-state index is 0.806. The van der Waals surface area contributed by atoms with Crippen LogP contribution in [0.5, 0.6) is 0 Å². The number of rotatable bonds is 4. The van der Waals surface area contributed by atoms with E-state index in [9.17, 15) is 0 Å². The highest BCUT2D eigenvalue weighted by Gasteiger charge is 2.41. The summed E-state index contributed by atoms with van der Waals surface area (Å²) in [6.07, 6.45) is 6.95. The molecule has 3 fully saturated rings. The Morgan fingerprint density at radius 3 is 2.50 bits per heavy atom. The summed E-state index contributed by atoms with van der Waals surface area (Å²) in [5.74, 6) is 1.75. The van der Waals surface area contributed by atoms with Crippen LogP contribution < -0.4 is 0 Å². The van der Waals surface area contributed by atoms with Crippen LogP contribution in [0.15, 0.2) is 30.3 Å². The molecular formula is C17H25N. The molecule has 0 spiro atoms. The number of fused-ring (bicyclic) bond motifs is 3. The van der Waals surface area contributed by atoms with Gasteiger partial charge < -0.3 is 0 Å². The fraction of sp³-hybridized carbons (Fsp3) is 0.647. The van der Waals surface area contributed by atoms with Gasteiger partial charge in [0, 0.05) is 12.0 Å². The summed E-state index contributed by atoms with van der Waals surface area (Å²) in [5.41, 5.74) is 1.59. The molecule has 0 aromatic heterocycles. The summed E-state index contributed by atoms with van der Waals surface area (Å²) in [6, 6.07) is 12.1. The molecule has 0 radical (unpaired) electrons. The van der Waals surface area contributed by atoms with Crippen LogP contribution in [0, 0.1) is 5.92 Å². The second-order valence-corrected chi connectivity index (χ2v) is 6.02. The quantitative estimate of drug-likeness (QED) is 0.771. The zero-order chi connectivity index (χ0) is 12.4. The SMILES string of the molecule is CCCC[C@H]1[C@@H](c2ccccc2)C2CCN1CC2. The molecule has 3 saturated heterocycles. The smallest absolute Gasteiger partial charge is 0.0167 e. The molecule has 2 atom stereocenters. The topological polar surface area (TPSA) is 3.24 Å². The van der Waals surface area contributed by atoms with E-state index in [-0.39, 0.29) is 0 Å². The van der Waals surface area contributed by atoms with Crippen molar-refractivity contribution in [2.75, 3.05) is 13.1 Å². The van der Waals surface area contributed by atoms with Crippen molar-refractivity contribution in [1.29, 1.82) is 0 Å². The predicted molar refractivity (Wildman–Crippen MR) is 76.8 cm³/mol. The second kappa shape index (κ2) is 5.44. The van der Waals surface area contributed by atoms with Crippen molar-refractivity contribution < 1.29 is 0 Å². The van der Waals surface area contributed by atoms with Gasteiger partial charge in [-0.2, -0.15) is 0 Å². The minimum Gasteiger partial charge on any atom is -0.300 e. The molecule has 0 amide bonds. The Bertz CT molecular complexity index is 364. The molecule has 2 bridgehead atoms. The van der Waals surface area contributed by atoms with Crippen LogP contribution >= 0.6 is 0 Å². The van der Waals surface area contributed by atoms with Crippen molar-refractivity contribution in [2.45, 2.75) is 51.0 Å². The van der Waals surface area contributed by atoms with Crippen molar-refractivity contribution in [3.8, 4) is 0 Å². The van der Waals surface area contributed by atoms with Gasteiger partial charge in [0.15, 0.2) is 0 Å². The number of hydrogen-bond acceptors (Lipinski definition) is 1. The summed E-state index contributed by atoms with van der Waals surface area (Å²) in [5, 5.41) is 0. The highest BCUT2D eigenvalue weighted by molar-refractivity contribution is 5.24. The van der Waals surface area contributed by atoms with Crippen molar-refractivity contribution in [3.63, 3.8) is 0 Å². The van der Waals surface area contributed by atoms with E-state index in [1.54, 1.807) is 5.56 Å². The number of hydrogen-bond donors (Lipinski definition) is 0. The Hall–Kier alpha value is -0.820. The molecule has 0 saturated carbocycles. The van der Waals surface area contributed by atoms with Crippen molar-refractivity contribution >= 4 is 0 Å². The largest absolute Gasteiger partial charge is 0.300 e. The van der Waals surface area contributed by atoms with Gasteiger partial charge in [0.05, 0.1) is 0 Å². The average Bonchev–Trinajstić information content (AvgIpc) is 2.46. The zero-order valence-electron chi connectivity index (χ0n) is 11.5. The lowest BCUT2D eigenvalue weighted by Crippen LogP contribution is -2.53. The molecule has 1 aromatic carbocycles. The van der Waals surface area contributed by atoms with Crippen molar-refractivity contribution in [1.82, 2.24) is 4.90 Å². The van der Waals surface area contributed by atoms with Gasteiger partial charge in [-0.3, -0.25) is 4.90 Å². The van der Waals surface area contributed by atoms with E-state index >= 15 is 0 Å². The van der Waals surface area contributed by atoms with E-state index in [1.165, 1.54) is 45.2 Å². The first kappa shape index (κ1) is 12.2. The van der Waals surface area contributed by atoms with E-state index in [1.807, 2.05) is 0 Å². The van der Waals surface area contributed by atoms with Crippen molar-refractivity contribution in [2.24, 2.45) is 5.92 Å². The van der Waals surface area contributed by atoms with Gasteiger partial charge in [-0.05, 0) is 43.8 Å². The third kappa shape index (κ3) is 2.21. The molecule has 18 heavy (non-hydrogen) atoms. The summed E-state index contributed by atoms with van der Waals surface area (Å²) in [6.45, 7) is 5.01. The van der Waals surface area contributed by atoms with Crippen LogP contribution in [-0.4, -0.2) is 24.0 Å². The monoisotopic (exact) mass is 243 g/mol. The lowest BCUT2D eigenvalue weighted by Gasteiger charge is -2.51. The Morgan fingerprint density at radius 2 is 1.83 bits per heavy atom. The first-order chi connectivity index (χ1) is 8.90. The van der Waals surface area contributed by atoms with Gasteiger partial charge >= 0.3 is 0 Å². The van der Waals surface area contributed by atoms with Gasteiger partial charge in [0.25, 0.3) is 0 Å². The normalized spacial score (nSPS) is 34.7. The zero-order valence-corrected chi connectivity index (χ0v) is 11.5. The van der Waals surface area contributed by atoms with E-state index < -0.39 is 0 Å². The number of unbranched alkanes of at least 4 members (excludes halogenated alkanes) is 1. The van der Waals surface area contributed by atoms with E-state index in [0.29, 0.717) is 0 Å². The van der Waals surface area contributed by atoms with Crippen LogP contribution in [-0.2, 0) is 0 Å². The maximum Gasteiger partial charge on any atom is 0.0167 e. The molecule has 3 aliphatic heterocycles. The molecule has 3 aliphatic rings. The highest BCUT2D eigenvalue weighted by Crippen LogP contribution is 2.44. The van der Waals surface area contributed by atoms with E-state index in [4.69, 9.17) is 0 Å². The molecule has 1 aromatic rings. The Kier molecular flexibility index (Phi) is 3.69. The van der Waals surface area contributed by atoms with Gasteiger partial charge in [-0.15, -0.1) is 0 Å². The van der Waals surface area contributed by atoms with Gasteiger partial charge in [0.2, 0.25) is 0 Å². The minimum absolute atomic E-state index is 0.806. The maximum absolute atomic E-state index is 2.77.